The van der Waals surface area contributed by atoms with Crippen molar-refractivity contribution < 1.29 is 4.42 Å². The van der Waals surface area contributed by atoms with Gasteiger partial charge in [0.2, 0.25) is 0 Å². The lowest BCUT2D eigenvalue weighted by atomic mass is 10.1. The van der Waals surface area contributed by atoms with E-state index in [-0.39, 0.29) is 0 Å². The fourth-order valence-electron chi connectivity index (χ4n) is 2.47. The van der Waals surface area contributed by atoms with Gasteiger partial charge in [-0.15, -0.1) is 0 Å². The van der Waals surface area contributed by atoms with E-state index in [1.807, 2.05) is 18.3 Å². The highest BCUT2D eigenvalue weighted by Gasteiger charge is 2.02. The van der Waals surface area contributed by atoms with Crippen molar-refractivity contribution in [2.45, 2.75) is 6.54 Å². The van der Waals surface area contributed by atoms with Crippen LogP contribution in [0.25, 0.3) is 22.0 Å². The zero-order chi connectivity index (χ0) is 14.2. The molecule has 5 nitrogen and oxygen atoms in total. The molecule has 0 amide bonds. The Morgan fingerprint density at radius 2 is 2.00 bits per heavy atom. The van der Waals surface area contributed by atoms with E-state index in [0.717, 1.165) is 11.2 Å². The van der Waals surface area contributed by atoms with Gasteiger partial charge in [0.25, 0.3) is 0 Å². The predicted octanol–water partition coefficient (Wildman–Crippen LogP) is 3.21. The molecule has 0 unspecified atom stereocenters. The number of rotatable bonds is 3. The maximum absolute atomic E-state index is 11.1. The summed E-state index contributed by atoms with van der Waals surface area (Å²) < 4.78 is 4.98. The molecule has 0 atom stereocenters. The normalized spacial score (nSPS) is 11.2. The number of hydrogen-bond donors (Lipinski definition) is 3. The van der Waals surface area contributed by atoms with Crippen molar-refractivity contribution >= 4 is 27.7 Å². The van der Waals surface area contributed by atoms with Crippen LogP contribution in [0.15, 0.2) is 57.9 Å². The summed E-state index contributed by atoms with van der Waals surface area (Å²) in [6.45, 7) is 0.711. The first-order valence-electron chi connectivity index (χ1n) is 6.71. The van der Waals surface area contributed by atoms with Crippen molar-refractivity contribution in [3.8, 4) is 0 Å². The predicted molar refractivity (Wildman–Crippen MR) is 82.5 cm³/mol. The van der Waals surface area contributed by atoms with Gasteiger partial charge in [-0.25, -0.2) is 4.79 Å². The Labute approximate surface area is 119 Å². The largest absolute Gasteiger partial charge is 0.417 e. The second kappa shape index (κ2) is 4.56. The number of fused-ring (bicyclic) bond motifs is 2. The summed E-state index contributed by atoms with van der Waals surface area (Å²) in [4.78, 5) is 17.0. The molecule has 5 heteroatoms. The molecule has 0 saturated carbocycles. The molecular formula is C16H13N3O2. The van der Waals surface area contributed by atoms with Gasteiger partial charge in [0.05, 0.1) is 5.52 Å². The molecule has 0 radical (unpaired) electrons. The van der Waals surface area contributed by atoms with E-state index in [2.05, 4.69) is 39.6 Å². The fraction of sp³-hybridized carbons (Fsp3) is 0.0625. The molecule has 0 spiro atoms. The summed E-state index contributed by atoms with van der Waals surface area (Å²) in [5, 5.41) is 4.55. The molecule has 0 fully saturated rings. The van der Waals surface area contributed by atoms with Crippen molar-refractivity contribution in [2.24, 2.45) is 0 Å². The molecule has 0 aliphatic carbocycles. The zero-order valence-corrected chi connectivity index (χ0v) is 11.1. The molecule has 0 bridgehead atoms. The number of anilines is 1. The Morgan fingerprint density at radius 3 is 2.95 bits per heavy atom. The molecule has 4 rings (SSSR count). The highest BCUT2D eigenvalue weighted by Crippen LogP contribution is 2.18. The summed E-state index contributed by atoms with van der Waals surface area (Å²) in [6.07, 6.45) is 1.94. The van der Waals surface area contributed by atoms with Crippen LogP contribution < -0.4 is 11.1 Å². The number of benzene rings is 2. The van der Waals surface area contributed by atoms with E-state index in [1.165, 1.54) is 10.9 Å². The van der Waals surface area contributed by atoms with Crippen LogP contribution in [0.5, 0.6) is 0 Å². The van der Waals surface area contributed by atoms with Gasteiger partial charge in [0.1, 0.15) is 0 Å². The molecular weight excluding hydrogens is 266 g/mol. The van der Waals surface area contributed by atoms with Crippen molar-refractivity contribution in [3.63, 3.8) is 0 Å². The maximum Gasteiger partial charge on any atom is 0.417 e. The Kier molecular flexibility index (Phi) is 2.57. The van der Waals surface area contributed by atoms with Crippen molar-refractivity contribution in [3.05, 3.63) is 64.8 Å². The summed E-state index contributed by atoms with van der Waals surface area (Å²) in [5.74, 6) is -0.431. The fourth-order valence-corrected chi connectivity index (χ4v) is 2.47. The van der Waals surface area contributed by atoms with Crippen LogP contribution in [-0.4, -0.2) is 9.97 Å². The smallest absolute Gasteiger partial charge is 0.408 e. The third-order valence-electron chi connectivity index (χ3n) is 3.54. The number of H-pyrrole nitrogens is 2. The average Bonchev–Trinajstić information content (AvgIpc) is 3.08. The molecule has 0 saturated heterocycles. The minimum absolute atomic E-state index is 0.431. The Balaban J connectivity index is 1.57. The van der Waals surface area contributed by atoms with Gasteiger partial charge in [0, 0.05) is 23.9 Å². The third-order valence-corrected chi connectivity index (χ3v) is 3.54. The van der Waals surface area contributed by atoms with E-state index >= 15 is 0 Å². The quantitative estimate of drug-likeness (QED) is 0.539. The highest BCUT2D eigenvalue weighted by molar-refractivity contribution is 5.80. The van der Waals surface area contributed by atoms with Crippen LogP contribution in [0.1, 0.15) is 5.56 Å². The first kappa shape index (κ1) is 11.8. The first-order valence-corrected chi connectivity index (χ1v) is 6.71. The lowest BCUT2D eigenvalue weighted by Crippen LogP contribution is -1.99. The second-order valence-electron chi connectivity index (χ2n) is 4.98. The van der Waals surface area contributed by atoms with Crippen LogP contribution in [0.4, 0.5) is 5.69 Å². The molecule has 2 aromatic carbocycles. The van der Waals surface area contributed by atoms with E-state index in [0.29, 0.717) is 17.6 Å². The van der Waals surface area contributed by atoms with Crippen LogP contribution in [-0.2, 0) is 6.54 Å². The Hall–Kier alpha value is -2.95. The SMILES string of the molecule is O=c1[nH]c2cc(NCc3ccc4cc[nH]c4c3)ccc2o1. The molecule has 3 N–H and O–H groups in total. The topological polar surface area (TPSA) is 73.8 Å². The van der Waals surface area contributed by atoms with Gasteiger partial charge in [-0.05, 0) is 41.3 Å². The maximum atomic E-state index is 11.1. The van der Waals surface area contributed by atoms with Crippen LogP contribution in [0.3, 0.4) is 0 Å². The molecule has 0 aliphatic rings. The van der Waals surface area contributed by atoms with Crippen molar-refractivity contribution in [2.75, 3.05) is 5.32 Å². The van der Waals surface area contributed by atoms with Gasteiger partial charge >= 0.3 is 5.76 Å². The number of oxazole rings is 1. The van der Waals surface area contributed by atoms with E-state index in [9.17, 15) is 4.79 Å². The molecule has 2 aromatic heterocycles. The third kappa shape index (κ3) is 2.18. The zero-order valence-electron chi connectivity index (χ0n) is 11.1. The molecule has 4 aromatic rings. The molecule has 2 heterocycles. The Morgan fingerprint density at radius 1 is 1.05 bits per heavy atom. The van der Waals surface area contributed by atoms with E-state index in [1.54, 1.807) is 6.07 Å². The van der Waals surface area contributed by atoms with Crippen LogP contribution >= 0.6 is 0 Å². The molecule has 21 heavy (non-hydrogen) atoms. The summed E-state index contributed by atoms with van der Waals surface area (Å²) in [5.41, 5.74) is 4.52. The first-order chi connectivity index (χ1) is 10.3. The van der Waals surface area contributed by atoms with Crippen molar-refractivity contribution in [1.82, 2.24) is 9.97 Å². The minimum atomic E-state index is -0.431. The standard InChI is InChI=1S/C16H13N3O2/c20-16-19-14-8-12(3-4-15(14)21-16)18-9-10-1-2-11-5-6-17-13(11)7-10/h1-8,17-18H,9H2,(H,19,20). The second-order valence-corrected chi connectivity index (χ2v) is 4.98. The van der Waals surface area contributed by atoms with Crippen LogP contribution in [0, 0.1) is 0 Å². The van der Waals surface area contributed by atoms with Gasteiger partial charge in [-0.2, -0.15) is 0 Å². The number of aromatic nitrogens is 2. The number of nitrogens with one attached hydrogen (secondary N) is 3. The molecule has 104 valence electrons. The van der Waals surface area contributed by atoms with Crippen LogP contribution in [0.2, 0.25) is 0 Å². The van der Waals surface area contributed by atoms with Gasteiger partial charge in [-0.1, -0.05) is 12.1 Å². The number of hydrogen-bond acceptors (Lipinski definition) is 3. The van der Waals surface area contributed by atoms with Crippen molar-refractivity contribution in [1.29, 1.82) is 0 Å². The van der Waals surface area contributed by atoms with Gasteiger partial charge < -0.3 is 14.7 Å². The lowest BCUT2D eigenvalue weighted by Gasteiger charge is -2.06. The number of aromatic amines is 2. The van der Waals surface area contributed by atoms with E-state index < -0.39 is 5.76 Å². The van der Waals surface area contributed by atoms with E-state index in [4.69, 9.17) is 4.42 Å². The lowest BCUT2D eigenvalue weighted by molar-refractivity contribution is 0.555. The monoisotopic (exact) mass is 279 g/mol. The summed E-state index contributed by atoms with van der Waals surface area (Å²) >= 11 is 0. The molecule has 0 aliphatic heterocycles. The average molecular weight is 279 g/mol. The van der Waals surface area contributed by atoms with Gasteiger partial charge in [0.15, 0.2) is 5.58 Å². The van der Waals surface area contributed by atoms with Gasteiger partial charge in [-0.3, -0.25) is 4.98 Å². The Bertz CT molecular complexity index is 978. The minimum Gasteiger partial charge on any atom is -0.408 e. The highest BCUT2D eigenvalue weighted by atomic mass is 16.4. The summed E-state index contributed by atoms with van der Waals surface area (Å²) in [7, 11) is 0. The summed E-state index contributed by atoms with van der Waals surface area (Å²) in [6, 6.07) is 13.9.